The molecular formula is C14H17BrN2O3. The van der Waals surface area contributed by atoms with Gasteiger partial charge in [-0.15, -0.1) is 0 Å². The van der Waals surface area contributed by atoms with Gasteiger partial charge in [-0.3, -0.25) is 4.79 Å². The SMILES string of the molecule is O=C(CCN1CCCC1)Nc1cc(C(=O)O)ccc1Br. The van der Waals surface area contributed by atoms with E-state index in [2.05, 4.69) is 26.1 Å². The first-order valence-corrected chi connectivity index (χ1v) is 7.40. The van der Waals surface area contributed by atoms with E-state index >= 15 is 0 Å². The molecule has 5 nitrogen and oxygen atoms in total. The molecule has 20 heavy (non-hydrogen) atoms. The van der Waals surface area contributed by atoms with Crippen LogP contribution in [0.2, 0.25) is 0 Å². The van der Waals surface area contributed by atoms with Crippen molar-refractivity contribution in [1.29, 1.82) is 0 Å². The molecule has 1 amide bonds. The number of amides is 1. The molecule has 1 aromatic carbocycles. The largest absolute Gasteiger partial charge is 0.478 e. The van der Waals surface area contributed by atoms with Crippen molar-refractivity contribution in [3.8, 4) is 0 Å². The fourth-order valence-electron chi connectivity index (χ4n) is 2.23. The molecule has 0 aliphatic carbocycles. The highest BCUT2D eigenvalue weighted by Gasteiger charge is 2.14. The average molecular weight is 341 g/mol. The summed E-state index contributed by atoms with van der Waals surface area (Å²) in [5.41, 5.74) is 0.652. The summed E-state index contributed by atoms with van der Waals surface area (Å²) in [7, 11) is 0. The topological polar surface area (TPSA) is 69.6 Å². The summed E-state index contributed by atoms with van der Waals surface area (Å²) in [6, 6.07) is 4.58. The monoisotopic (exact) mass is 340 g/mol. The van der Waals surface area contributed by atoms with Gasteiger partial charge in [0.2, 0.25) is 5.91 Å². The van der Waals surface area contributed by atoms with E-state index in [1.165, 1.54) is 25.0 Å². The van der Waals surface area contributed by atoms with Gasteiger partial charge >= 0.3 is 5.97 Å². The maximum absolute atomic E-state index is 11.9. The van der Waals surface area contributed by atoms with Crippen LogP contribution >= 0.6 is 15.9 Å². The lowest BCUT2D eigenvalue weighted by atomic mass is 10.2. The molecule has 0 radical (unpaired) electrons. The number of likely N-dealkylation sites (tertiary alicyclic amines) is 1. The van der Waals surface area contributed by atoms with Crippen LogP contribution in [0.25, 0.3) is 0 Å². The number of anilines is 1. The number of carbonyl (C=O) groups is 2. The third kappa shape index (κ3) is 4.05. The molecule has 1 aliphatic rings. The van der Waals surface area contributed by atoms with Crippen LogP contribution in [0, 0.1) is 0 Å². The number of halogens is 1. The van der Waals surface area contributed by atoms with Crippen LogP contribution in [0.15, 0.2) is 22.7 Å². The molecule has 0 bridgehead atoms. The Kier molecular flexibility index (Phi) is 5.14. The van der Waals surface area contributed by atoms with E-state index in [0.717, 1.165) is 19.6 Å². The van der Waals surface area contributed by atoms with Crippen LogP contribution in [0.3, 0.4) is 0 Å². The number of hydrogen-bond donors (Lipinski definition) is 2. The molecule has 0 saturated carbocycles. The summed E-state index contributed by atoms with van der Waals surface area (Å²) >= 11 is 3.31. The van der Waals surface area contributed by atoms with Gasteiger partial charge in [0.05, 0.1) is 11.3 Å². The van der Waals surface area contributed by atoms with Gasteiger partial charge in [-0.1, -0.05) is 0 Å². The predicted molar refractivity (Wildman–Crippen MR) is 80.0 cm³/mol. The van der Waals surface area contributed by atoms with Gasteiger partial charge in [-0.05, 0) is 60.1 Å². The maximum atomic E-state index is 11.9. The van der Waals surface area contributed by atoms with E-state index in [1.807, 2.05) is 0 Å². The number of nitrogens with zero attached hydrogens (tertiary/aromatic N) is 1. The van der Waals surface area contributed by atoms with Crippen LogP contribution in [-0.4, -0.2) is 41.5 Å². The number of benzene rings is 1. The van der Waals surface area contributed by atoms with Crippen molar-refractivity contribution >= 4 is 33.5 Å². The van der Waals surface area contributed by atoms with Crippen LogP contribution < -0.4 is 5.32 Å². The van der Waals surface area contributed by atoms with Crippen LogP contribution in [0.4, 0.5) is 5.69 Å². The molecule has 1 aliphatic heterocycles. The summed E-state index contributed by atoms with van der Waals surface area (Å²) in [5, 5.41) is 11.7. The van der Waals surface area contributed by atoms with Gasteiger partial charge in [0, 0.05) is 17.4 Å². The zero-order valence-corrected chi connectivity index (χ0v) is 12.6. The fourth-order valence-corrected chi connectivity index (χ4v) is 2.58. The highest BCUT2D eigenvalue weighted by molar-refractivity contribution is 9.10. The second kappa shape index (κ2) is 6.85. The lowest BCUT2D eigenvalue weighted by Gasteiger charge is -2.14. The first-order chi connectivity index (χ1) is 9.56. The fraction of sp³-hybridized carbons (Fsp3) is 0.429. The number of aromatic carboxylic acids is 1. The second-order valence-corrected chi connectivity index (χ2v) is 5.70. The molecule has 0 aromatic heterocycles. The van der Waals surface area contributed by atoms with Crippen molar-refractivity contribution in [3.05, 3.63) is 28.2 Å². The summed E-state index contributed by atoms with van der Waals surface area (Å²) in [6.45, 7) is 2.87. The molecule has 2 rings (SSSR count). The minimum atomic E-state index is -1.01. The van der Waals surface area contributed by atoms with Gasteiger partial charge in [0.15, 0.2) is 0 Å². The summed E-state index contributed by atoms with van der Waals surface area (Å²) in [4.78, 5) is 25.1. The molecule has 1 aromatic rings. The van der Waals surface area contributed by atoms with Crippen molar-refractivity contribution < 1.29 is 14.7 Å². The minimum absolute atomic E-state index is 0.0971. The van der Waals surface area contributed by atoms with Crippen molar-refractivity contribution in [3.63, 3.8) is 0 Å². The Hall–Kier alpha value is -1.40. The Morgan fingerprint density at radius 3 is 2.65 bits per heavy atom. The van der Waals surface area contributed by atoms with Crippen molar-refractivity contribution in [2.45, 2.75) is 19.3 Å². The van der Waals surface area contributed by atoms with E-state index < -0.39 is 5.97 Å². The first-order valence-electron chi connectivity index (χ1n) is 6.61. The van der Waals surface area contributed by atoms with E-state index in [1.54, 1.807) is 6.07 Å². The average Bonchev–Trinajstić information content (AvgIpc) is 2.92. The number of carboxylic acid groups (broad SMARTS) is 1. The zero-order valence-electron chi connectivity index (χ0n) is 11.1. The van der Waals surface area contributed by atoms with Gasteiger partial charge in [0.1, 0.15) is 0 Å². The lowest BCUT2D eigenvalue weighted by molar-refractivity contribution is -0.116. The van der Waals surface area contributed by atoms with E-state index in [9.17, 15) is 9.59 Å². The third-order valence-electron chi connectivity index (χ3n) is 3.34. The normalized spacial score (nSPS) is 15.2. The van der Waals surface area contributed by atoms with E-state index in [4.69, 9.17) is 5.11 Å². The standard InChI is InChI=1S/C14H17BrN2O3/c15-11-4-3-10(14(19)20)9-12(11)16-13(18)5-8-17-6-1-2-7-17/h3-4,9H,1-2,5-8H2,(H,16,18)(H,19,20). The molecule has 1 saturated heterocycles. The Balaban J connectivity index is 1.92. The highest BCUT2D eigenvalue weighted by Crippen LogP contribution is 2.24. The Bertz CT molecular complexity index is 513. The molecular weight excluding hydrogens is 324 g/mol. The maximum Gasteiger partial charge on any atom is 0.335 e. The molecule has 2 N–H and O–H groups in total. The van der Waals surface area contributed by atoms with Crippen LogP contribution in [-0.2, 0) is 4.79 Å². The lowest BCUT2D eigenvalue weighted by Crippen LogP contribution is -2.25. The van der Waals surface area contributed by atoms with Gasteiger partial charge in [0.25, 0.3) is 0 Å². The zero-order chi connectivity index (χ0) is 14.5. The molecule has 1 heterocycles. The van der Waals surface area contributed by atoms with Gasteiger partial charge in [-0.25, -0.2) is 4.79 Å². The molecule has 0 unspecified atom stereocenters. The number of carbonyl (C=O) groups excluding carboxylic acids is 1. The number of nitrogens with one attached hydrogen (secondary N) is 1. The third-order valence-corrected chi connectivity index (χ3v) is 4.03. The highest BCUT2D eigenvalue weighted by atomic mass is 79.9. The summed E-state index contributed by atoms with van der Waals surface area (Å²) < 4.78 is 0.678. The summed E-state index contributed by atoms with van der Waals surface area (Å²) in [6.07, 6.45) is 2.82. The van der Waals surface area contributed by atoms with Gasteiger partial charge in [-0.2, -0.15) is 0 Å². The predicted octanol–water partition coefficient (Wildman–Crippen LogP) is 2.57. The molecule has 6 heteroatoms. The first kappa shape index (κ1) is 15.0. The van der Waals surface area contributed by atoms with Crippen molar-refractivity contribution in [1.82, 2.24) is 4.90 Å². The minimum Gasteiger partial charge on any atom is -0.478 e. The van der Waals surface area contributed by atoms with Gasteiger partial charge < -0.3 is 15.3 Å². The molecule has 0 atom stereocenters. The Labute approximate surface area is 126 Å². The van der Waals surface area contributed by atoms with Crippen LogP contribution in [0.1, 0.15) is 29.6 Å². The van der Waals surface area contributed by atoms with Crippen molar-refractivity contribution in [2.24, 2.45) is 0 Å². The number of carboxylic acids is 1. The molecule has 0 spiro atoms. The number of rotatable bonds is 5. The molecule has 1 fully saturated rings. The quantitative estimate of drug-likeness (QED) is 0.864. The summed E-state index contributed by atoms with van der Waals surface area (Å²) in [5.74, 6) is -1.11. The molecule has 108 valence electrons. The Morgan fingerprint density at radius 1 is 1.30 bits per heavy atom. The second-order valence-electron chi connectivity index (χ2n) is 4.85. The van der Waals surface area contributed by atoms with Crippen molar-refractivity contribution in [2.75, 3.05) is 25.0 Å². The van der Waals surface area contributed by atoms with Crippen LogP contribution in [0.5, 0.6) is 0 Å². The van der Waals surface area contributed by atoms with E-state index in [-0.39, 0.29) is 11.5 Å². The Morgan fingerprint density at radius 2 is 2.00 bits per heavy atom. The van der Waals surface area contributed by atoms with E-state index in [0.29, 0.717) is 16.6 Å². The number of hydrogen-bond acceptors (Lipinski definition) is 3. The smallest absolute Gasteiger partial charge is 0.335 e.